The smallest absolute Gasteiger partial charge is 0.230 e. The summed E-state index contributed by atoms with van der Waals surface area (Å²) < 4.78 is 24.5. The standard InChI is InChI=1S/C14H27N3O3S/c1-21(19,20)17-10-8-16(9-11-17)13(18)14(12-15)6-4-2-3-5-7-14/h2-12,15H2,1H3. The van der Waals surface area contributed by atoms with Crippen LogP contribution >= 0.6 is 0 Å². The molecule has 122 valence electrons. The van der Waals surface area contributed by atoms with Crippen molar-refractivity contribution in [2.45, 2.75) is 38.5 Å². The molecule has 1 amide bonds. The van der Waals surface area contributed by atoms with E-state index in [-0.39, 0.29) is 5.91 Å². The van der Waals surface area contributed by atoms with E-state index in [0.29, 0.717) is 32.7 Å². The molecule has 1 saturated carbocycles. The lowest BCUT2D eigenvalue weighted by Gasteiger charge is -2.40. The fraction of sp³-hybridized carbons (Fsp3) is 0.929. The van der Waals surface area contributed by atoms with E-state index in [1.807, 2.05) is 4.90 Å². The normalized spacial score (nSPS) is 24.6. The maximum Gasteiger partial charge on any atom is 0.230 e. The maximum atomic E-state index is 12.9. The van der Waals surface area contributed by atoms with Gasteiger partial charge >= 0.3 is 0 Å². The average Bonchev–Trinajstić information content (AvgIpc) is 2.72. The number of rotatable bonds is 3. The molecule has 0 radical (unpaired) electrons. The van der Waals surface area contributed by atoms with Gasteiger partial charge in [-0.3, -0.25) is 4.79 Å². The van der Waals surface area contributed by atoms with Crippen molar-refractivity contribution in [1.29, 1.82) is 0 Å². The van der Waals surface area contributed by atoms with E-state index in [4.69, 9.17) is 5.73 Å². The van der Waals surface area contributed by atoms with E-state index >= 15 is 0 Å². The Hall–Kier alpha value is -0.660. The number of piperazine rings is 1. The van der Waals surface area contributed by atoms with Crippen molar-refractivity contribution in [2.75, 3.05) is 39.0 Å². The number of carbonyl (C=O) groups excluding carboxylic acids is 1. The molecule has 0 unspecified atom stereocenters. The molecule has 0 bridgehead atoms. The molecule has 1 heterocycles. The Balaban J connectivity index is 2.03. The van der Waals surface area contributed by atoms with Gasteiger partial charge in [0.25, 0.3) is 0 Å². The molecular formula is C14H27N3O3S. The summed E-state index contributed by atoms with van der Waals surface area (Å²) in [5.74, 6) is 0.139. The van der Waals surface area contributed by atoms with Crippen LogP contribution in [0.4, 0.5) is 0 Å². The Morgan fingerprint density at radius 2 is 1.57 bits per heavy atom. The fourth-order valence-electron chi connectivity index (χ4n) is 3.47. The minimum absolute atomic E-state index is 0.139. The van der Waals surface area contributed by atoms with Crippen LogP contribution in [0.3, 0.4) is 0 Å². The van der Waals surface area contributed by atoms with Crippen LogP contribution in [0.1, 0.15) is 38.5 Å². The van der Waals surface area contributed by atoms with Crippen molar-refractivity contribution in [3.8, 4) is 0 Å². The van der Waals surface area contributed by atoms with Gasteiger partial charge in [0, 0.05) is 32.7 Å². The highest BCUT2D eigenvalue weighted by atomic mass is 32.2. The molecule has 1 saturated heterocycles. The second-order valence-corrected chi connectivity index (χ2v) is 8.34. The minimum Gasteiger partial charge on any atom is -0.340 e. The van der Waals surface area contributed by atoms with Crippen molar-refractivity contribution in [3.05, 3.63) is 0 Å². The van der Waals surface area contributed by atoms with Gasteiger partial charge in [-0.05, 0) is 12.8 Å². The predicted molar refractivity (Wildman–Crippen MR) is 82.2 cm³/mol. The molecule has 0 aromatic rings. The molecule has 6 nitrogen and oxygen atoms in total. The summed E-state index contributed by atoms with van der Waals surface area (Å²) in [4.78, 5) is 14.7. The molecule has 0 atom stereocenters. The minimum atomic E-state index is -3.16. The van der Waals surface area contributed by atoms with E-state index in [1.54, 1.807) is 0 Å². The molecule has 7 heteroatoms. The first-order valence-electron chi connectivity index (χ1n) is 7.84. The zero-order chi connectivity index (χ0) is 15.5. The van der Waals surface area contributed by atoms with Gasteiger partial charge in [0.2, 0.25) is 15.9 Å². The maximum absolute atomic E-state index is 12.9. The third kappa shape index (κ3) is 3.76. The van der Waals surface area contributed by atoms with E-state index in [1.165, 1.54) is 23.4 Å². The van der Waals surface area contributed by atoms with Crippen LogP contribution in [0, 0.1) is 5.41 Å². The molecule has 2 aliphatic rings. The number of hydrogen-bond donors (Lipinski definition) is 1. The van der Waals surface area contributed by atoms with Crippen molar-refractivity contribution in [2.24, 2.45) is 11.1 Å². The summed E-state index contributed by atoms with van der Waals surface area (Å²) in [6.45, 7) is 2.15. The summed E-state index contributed by atoms with van der Waals surface area (Å²) in [6, 6.07) is 0. The lowest BCUT2D eigenvalue weighted by Crippen LogP contribution is -2.55. The molecule has 1 aliphatic carbocycles. The molecule has 0 aromatic carbocycles. The monoisotopic (exact) mass is 317 g/mol. The summed E-state index contributed by atoms with van der Waals surface area (Å²) >= 11 is 0. The van der Waals surface area contributed by atoms with Crippen LogP contribution in [-0.2, 0) is 14.8 Å². The van der Waals surface area contributed by atoms with Gasteiger partial charge in [0.15, 0.2) is 0 Å². The quantitative estimate of drug-likeness (QED) is 0.763. The van der Waals surface area contributed by atoms with E-state index in [9.17, 15) is 13.2 Å². The highest BCUT2D eigenvalue weighted by Crippen LogP contribution is 2.36. The first kappa shape index (κ1) is 16.7. The zero-order valence-electron chi connectivity index (χ0n) is 12.9. The third-order valence-corrected chi connectivity index (χ3v) is 6.20. The van der Waals surface area contributed by atoms with Gasteiger partial charge < -0.3 is 10.6 Å². The lowest BCUT2D eigenvalue weighted by molar-refractivity contribution is -0.143. The Kier molecular flexibility index (Phi) is 5.27. The van der Waals surface area contributed by atoms with Gasteiger partial charge in [0.1, 0.15) is 0 Å². The lowest BCUT2D eigenvalue weighted by atomic mass is 9.79. The number of hydrogen-bond acceptors (Lipinski definition) is 4. The van der Waals surface area contributed by atoms with E-state index < -0.39 is 15.4 Å². The van der Waals surface area contributed by atoms with Crippen molar-refractivity contribution >= 4 is 15.9 Å². The van der Waals surface area contributed by atoms with Crippen molar-refractivity contribution in [1.82, 2.24) is 9.21 Å². The molecule has 2 rings (SSSR count). The second-order valence-electron chi connectivity index (χ2n) is 6.35. The predicted octanol–water partition coefficient (Wildman–Crippen LogP) is 0.390. The molecule has 21 heavy (non-hydrogen) atoms. The Labute approximate surface area is 127 Å². The van der Waals surface area contributed by atoms with Crippen LogP contribution in [0.15, 0.2) is 0 Å². The van der Waals surface area contributed by atoms with Gasteiger partial charge in [-0.2, -0.15) is 4.31 Å². The molecule has 0 aromatic heterocycles. The summed E-state index contributed by atoms with van der Waals surface area (Å²) in [7, 11) is -3.16. The van der Waals surface area contributed by atoms with Crippen LogP contribution < -0.4 is 5.73 Å². The van der Waals surface area contributed by atoms with Gasteiger partial charge in [0.05, 0.1) is 11.7 Å². The second kappa shape index (κ2) is 6.62. The van der Waals surface area contributed by atoms with E-state index in [0.717, 1.165) is 25.7 Å². The largest absolute Gasteiger partial charge is 0.340 e. The molecule has 2 N–H and O–H groups in total. The zero-order valence-corrected chi connectivity index (χ0v) is 13.7. The summed E-state index contributed by atoms with van der Waals surface area (Å²) in [5.41, 5.74) is 5.55. The summed E-state index contributed by atoms with van der Waals surface area (Å²) in [5, 5.41) is 0. The first-order valence-corrected chi connectivity index (χ1v) is 9.68. The topological polar surface area (TPSA) is 83.7 Å². The SMILES string of the molecule is CS(=O)(=O)N1CCN(C(=O)C2(CN)CCCCCC2)CC1. The Bertz CT molecular complexity index is 462. The third-order valence-electron chi connectivity index (χ3n) is 4.90. The van der Waals surface area contributed by atoms with Crippen LogP contribution in [0.5, 0.6) is 0 Å². The Morgan fingerprint density at radius 3 is 2.00 bits per heavy atom. The van der Waals surface area contributed by atoms with Crippen LogP contribution in [0.25, 0.3) is 0 Å². The molecule has 2 fully saturated rings. The highest BCUT2D eigenvalue weighted by Gasteiger charge is 2.41. The number of nitrogens with two attached hydrogens (primary N) is 1. The summed E-state index contributed by atoms with van der Waals surface area (Å²) in [6.07, 6.45) is 7.44. The highest BCUT2D eigenvalue weighted by molar-refractivity contribution is 7.88. The number of carbonyl (C=O) groups is 1. The van der Waals surface area contributed by atoms with Crippen LogP contribution in [-0.4, -0.2) is 62.5 Å². The van der Waals surface area contributed by atoms with Crippen molar-refractivity contribution < 1.29 is 13.2 Å². The van der Waals surface area contributed by atoms with Gasteiger partial charge in [-0.15, -0.1) is 0 Å². The van der Waals surface area contributed by atoms with Gasteiger partial charge in [-0.25, -0.2) is 8.42 Å². The Morgan fingerprint density at radius 1 is 1.05 bits per heavy atom. The average molecular weight is 317 g/mol. The first-order chi connectivity index (χ1) is 9.89. The number of nitrogens with zero attached hydrogens (tertiary/aromatic N) is 2. The fourth-order valence-corrected chi connectivity index (χ4v) is 4.30. The van der Waals surface area contributed by atoms with Crippen molar-refractivity contribution in [3.63, 3.8) is 0 Å². The van der Waals surface area contributed by atoms with E-state index in [2.05, 4.69) is 0 Å². The van der Waals surface area contributed by atoms with Gasteiger partial charge in [-0.1, -0.05) is 25.7 Å². The molecule has 0 spiro atoms. The number of sulfonamides is 1. The van der Waals surface area contributed by atoms with Crippen LogP contribution in [0.2, 0.25) is 0 Å². The molecular weight excluding hydrogens is 290 g/mol. The molecule has 1 aliphatic heterocycles. The number of amides is 1.